The first-order chi connectivity index (χ1) is 9.04. The lowest BCUT2D eigenvalue weighted by Gasteiger charge is -2.22. The highest BCUT2D eigenvalue weighted by atomic mass is 35.5. The van der Waals surface area contributed by atoms with Gasteiger partial charge in [-0.25, -0.2) is 4.79 Å². The summed E-state index contributed by atoms with van der Waals surface area (Å²) in [4.78, 5) is 25.0. The van der Waals surface area contributed by atoms with Gasteiger partial charge in [0.25, 0.3) is 5.91 Å². The molecular weight excluding hydrogens is 268 g/mol. The van der Waals surface area contributed by atoms with Crippen molar-refractivity contribution >= 4 is 23.5 Å². The Morgan fingerprint density at radius 1 is 1.53 bits per heavy atom. The quantitative estimate of drug-likeness (QED) is 0.922. The van der Waals surface area contributed by atoms with Crippen molar-refractivity contribution in [2.24, 2.45) is 0 Å². The molecule has 0 unspecified atom stereocenters. The van der Waals surface area contributed by atoms with Gasteiger partial charge in [0.1, 0.15) is 11.7 Å². The van der Waals surface area contributed by atoms with Crippen LogP contribution in [0.1, 0.15) is 36.7 Å². The largest absolute Gasteiger partial charge is 0.480 e. The topological polar surface area (TPSA) is 62.5 Å². The van der Waals surface area contributed by atoms with E-state index in [0.29, 0.717) is 30.2 Å². The minimum atomic E-state index is -0.939. The molecule has 0 radical (unpaired) electrons. The lowest BCUT2D eigenvalue weighted by molar-refractivity contribution is -0.141. The summed E-state index contributed by atoms with van der Waals surface area (Å²) < 4.78 is 1.79. The monoisotopic (exact) mass is 284 g/mol. The summed E-state index contributed by atoms with van der Waals surface area (Å²) >= 11 is 5.94. The molecule has 6 heteroatoms. The van der Waals surface area contributed by atoms with E-state index in [1.807, 2.05) is 6.92 Å². The zero-order valence-corrected chi connectivity index (χ0v) is 11.6. The first-order valence-corrected chi connectivity index (χ1v) is 6.81. The number of hydrogen-bond donors (Lipinski definition) is 1. The first kappa shape index (κ1) is 13.9. The number of rotatable bonds is 4. The molecule has 1 aromatic rings. The molecule has 0 spiro atoms. The number of aryl methyl sites for hydroxylation is 1. The molecule has 19 heavy (non-hydrogen) atoms. The molecule has 1 N–H and O–H groups in total. The van der Waals surface area contributed by atoms with Gasteiger partial charge < -0.3 is 14.6 Å². The van der Waals surface area contributed by atoms with Crippen LogP contribution in [-0.2, 0) is 11.3 Å². The Morgan fingerprint density at radius 2 is 2.26 bits per heavy atom. The molecule has 1 aliphatic rings. The average Bonchev–Trinajstić information content (AvgIpc) is 2.95. The van der Waals surface area contributed by atoms with Crippen molar-refractivity contribution in [3.63, 3.8) is 0 Å². The van der Waals surface area contributed by atoms with Gasteiger partial charge in [-0.15, -0.1) is 0 Å². The van der Waals surface area contributed by atoms with Crippen LogP contribution in [-0.4, -0.2) is 39.0 Å². The molecular formula is C13H17ClN2O3. The summed E-state index contributed by atoms with van der Waals surface area (Å²) in [6.07, 6.45) is 3.84. The van der Waals surface area contributed by atoms with Crippen LogP contribution in [0.25, 0.3) is 0 Å². The van der Waals surface area contributed by atoms with E-state index >= 15 is 0 Å². The van der Waals surface area contributed by atoms with Crippen LogP contribution in [0, 0.1) is 0 Å². The van der Waals surface area contributed by atoms with Gasteiger partial charge in [0.05, 0.1) is 5.02 Å². The Balaban J connectivity index is 2.26. The third kappa shape index (κ3) is 2.76. The molecule has 0 aliphatic carbocycles. The van der Waals surface area contributed by atoms with Crippen molar-refractivity contribution in [2.75, 3.05) is 6.54 Å². The molecule has 0 aromatic carbocycles. The van der Waals surface area contributed by atoms with E-state index in [9.17, 15) is 9.59 Å². The Kier molecular flexibility index (Phi) is 4.14. The van der Waals surface area contributed by atoms with Crippen LogP contribution in [0.3, 0.4) is 0 Å². The standard InChI is InChI=1S/C13H17ClN2O3/c1-2-5-15-8-9(14)7-11(15)12(17)16-6-3-4-10(16)13(18)19/h7-8,10H,2-6H2,1H3,(H,18,19)/t10-/m1/s1. The molecule has 104 valence electrons. The SMILES string of the molecule is CCCn1cc(Cl)cc1C(=O)N1CCC[C@@H]1C(=O)O. The van der Waals surface area contributed by atoms with Crippen LogP contribution in [0.2, 0.25) is 5.02 Å². The molecule has 0 bridgehead atoms. The lowest BCUT2D eigenvalue weighted by atomic mass is 10.2. The number of aromatic nitrogens is 1. The predicted molar refractivity (Wildman–Crippen MR) is 71.4 cm³/mol. The van der Waals surface area contributed by atoms with E-state index in [-0.39, 0.29) is 5.91 Å². The second-order valence-corrected chi connectivity index (χ2v) is 5.17. The van der Waals surface area contributed by atoms with Gasteiger partial charge in [0.15, 0.2) is 0 Å². The van der Waals surface area contributed by atoms with Gasteiger partial charge in [-0.05, 0) is 25.3 Å². The Bertz CT molecular complexity index is 498. The molecule has 2 rings (SSSR count). The fourth-order valence-corrected chi connectivity index (χ4v) is 2.71. The van der Waals surface area contributed by atoms with Crippen LogP contribution < -0.4 is 0 Å². The Hall–Kier alpha value is -1.49. The van der Waals surface area contributed by atoms with Gasteiger partial charge in [0, 0.05) is 19.3 Å². The van der Waals surface area contributed by atoms with Gasteiger partial charge in [0.2, 0.25) is 0 Å². The summed E-state index contributed by atoms with van der Waals surface area (Å²) in [6, 6.07) is 0.896. The maximum absolute atomic E-state index is 12.5. The van der Waals surface area contributed by atoms with E-state index < -0.39 is 12.0 Å². The lowest BCUT2D eigenvalue weighted by Crippen LogP contribution is -2.41. The van der Waals surface area contributed by atoms with Crippen molar-refractivity contribution < 1.29 is 14.7 Å². The van der Waals surface area contributed by atoms with E-state index in [1.165, 1.54) is 4.90 Å². The normalized spacial score (nSPS) is 18.8. The highest BCUT2D eigenvalue weighted by molar-refractivity contribution is 6.31. The summed E-state index contributed by atoms with van der Waals surface area (Å²) in [5.41, 5.74) is 0.472. The van der Waals surface area contributed by atoms with Crippen molar-refractivity contribution in [1.82, 2.24) is 9.47 Å². The maximum atomic E-state index is 12.5. The minimum Gasteiger partial charge on any atom is -0.480 e. The molecule has 1 fully saturated rings. The third-order valence-corrected chi connectivity index (χ3v) is 3.55. The maximum Gasteiger partial charge on any atom is 0.326 e. The molecule has 1 saturated heterocycles. The molecule has 1 atom stereocenters. The number of halogens is 1. The number of carboxylic acid groups (broad SMARTS) is 1. The van der Waals surface area contributed by atoms with Crippen LogP contribution >= 0.6 is 11.6 Å². The van der Waals surface area contributed by atoms with Crippen LogP contribution in [0.5, 0.6) is 0 Å². The van der Waals surface area contributed by atoms with E-state index in [2.05, 4.69) is 0 Å². The number of carbonyl (C=O) groups excluding carboxylic acids is 1. The fourth-order valence-electron chi connectivity index (χ4n) is 2.49. The highest BCUT2D eigenvalue weighted by Gasteiger charge is 2.35. The highest BCUT2D eigenvalue weighted by Crippen LogP contribution is 2.23. The summed E-state index contributed by atoms with van der Waals surface area (Å²) in [5, 5.41) is 9.63. The Morgan fingerprint density at radius 3 is 2.89 bits per heavy atom. The minimum absolute atomic E-state index is 0.245. The van der Waals surface area contributed by atoms with E-state index in [0.717, 1.165) is 12.8 Å². The van der Waals surface area contributed by atoms with E-state index in [1.54, 1.807) is 16.8 Å². The van der Waals surface area contributed by atoms with Gasteiger partial charge in [-0.2, -0.15) is 0 Å². The van der Waals surface area contributed by atoms with Crippen molar-refractivity contribution in [3.8, 4) is 0 Å². The van der Waals surface area contributed by atoms with Crippen molar-refractivity contribution in [3.05, 3.63) is 23.0 Å². The fraction of sp³-hybridized carbons (Fsp3) is 0.538. The zero-order chi connectivity index (χ0) is 14.0. The first-order valence-electron chi connectivity index (χ1n) is 6.44. The zero-order valence-electron chi connectivity index (χ0n) is 10.8. The van der Waals surface area contributed by atoms with Gasteiger partial charge in [-0.1, -0.05) is 18.5 Å². The summed E-state index contributed by atoms with van der Waals surface area (Å²) in [7, 11) is 0. The predicted octanol–water partition coefficient (Wildman–Crippen LogP) is 2.24. The smallest absolute Gasteiger partial charge is 0.326 e. The Labute approximate surface area is 116 Å². The van der Waals surface area contributed by atoms with Gasteiger partial charge >= 0.3 is 5.97 Å². The van der Waals surface area contributed by atoms with E-state index in [4.69, 9.17) is 16.7 Å². The number of aliphatic carboxylic acids is 1. The van der Waals surface area contributed by atoms with Crippen LogP contribution in [0.4, 0.5) is 0 Å². The van der Waals surface area contributed by atoms with Gasteiger partial charge in [-0.3, -0.25) is 4.79 Å². The molecule has 0 saturated carbocycles. The number of amides is 1. The number of nitrogens with zero attached hydrogens (tertiary/aromatic N) is 2. The molecule has 2 heterocycles. The number of likely N-dealkylation sites (tertiary alicyclic amines) is 1. The average molecular weight is 285 g/mol. The number of carbonyl (C=O) groups is 2. The van der Waals surface area contributed by atoms with Crippen LogP contribution in [0.15, 0.2) is 12.3 Å². The second kappa shape index (κ2) is 5.65. The second-order valence-electron chi connectivity index (χ2n) is 4.73. The van der Waals surface area contributed by atoms with Crippen molar-refractivity contribution in [2.45, 2.75) is 38.8 Å². The number of carboxylic acids is 1. The number of hydrogen-bond acceptors (Lipinski definition) is 2. The third-order valence-electron chi connectivity index (χ3n) is 3.35. The molecule has 1 aromatic heterocycles. The van der Waals surface area contributed by atoms with Crippen molar-refractivity contribution in [1.29, 1.82) is 0 Å². The molecule has 5 nitrogen and oxygen atoms in total. The molecule has 1 amide bonds. The molecule has 1 aliphatic heterocycles. The summed E-state index contributed by atoms with van der Waals surface area (Å²) in [5.74, 6) is -1.18. The summed E-state index contributed by atoms with van der Waals surface area (Å²) in [6.45, 7) is 3.20.